The maximum absolute atomic E-state index is 14.6. The Kier molecular flexibility index (Phi) is 11.8. The zero-order valence-corrected chi connectivity index (χ0v) is 26.5. The molecular weight excluding hydrogens is 534 g/mol. The summed E-state index contributed by atoms with van der Waals surface area (Å²) in [4.78, 5) is 43.1. The summed E-state index contributed by atoms with van der Waals surface area (Å²) in [5, 5.41) is 25.9. The molecule has 0 heterocycles. The van der Waals surface area contributed by atoms with Crippen LogP contribution >= 0.6 is 0 Å². The normalized spacial score (nSPS) is 14.0. The Morgan fingerprint density at radius 2 is 1.50 bits per heavy atom. The minimum absolute atomic E-state index is 0.0317. The number of phenols is 2. The van der Waals surface area contributed by atoms with Crippen LogP contribution in [0.3, 0.4) is 0 Å². The van der Waals surface area contributed by atoms with Crippen molar-refractivity contribution in [2.45, 2.75) is 111 Å². The highest BCUT2D eigenvalue weighted by atomic mass is 16.6. The van der Waals surface area contributed by atoms with Crippen LogP contribution in [0.2, 0.25) is 0 Å². The van der Waals surface area contributed by atoms with Gasteiger partial charge in [-0.2, -0.15) is 0 Å². The second kappa shape index (κ2) is 14.4. The molecule has 9 nitrogen and oxygen atoms in total. The molecule has 232 valence electrons. The first-order valence-electron chi connectivity index (χ1n) is 14.6. The summed E-state index contributed by atoms with van der Waals surface area (Å²) in [5.41, 5.74) is -0.244. The molecular formula is C33H49N3O6. The molecule has 0 aliphatic heterocycles. The number of hydrogen-bond donors (Lipinski definition) is 4. The Labute approximate surface area is 250 Å². The van der Waals surface area contributed by atoms with Crippen molar-refractivity contribution in [3.63, 3.8) is 0 Å². The van der Waals surface area contributed by atoms with Crippen molar-refractivity contribution in [1.29, 1.82) is 0 Å². The maximum atomic E-state index is 14.6. The monoisotopic (exact) mass is 583 g/mol. The molecule has 0 aliphatic carbocycles. The van der Waals surface area contributed by atoms with E-state index in [4.69, 9.17) is 4.74 Å². The number of nitrogens with zero attached hydrogens (tertiary/aromatic N) is 1. The Balaban J connectivity index is 2.67. The number of phenolic OH excluding ortho intramolecular Hbond substituents is 2. The second-order valence-electron chi connectivity index (χ2n) is 13.4. The molecule has 2 rings (SSSR count). The van der Waals surface area contributed by atoms with Crippen LogP contribution in [0.25, 0.3) is 0 Å². The van der Waals surface area contributed by atoms with Gasteiger partial charge in [-0.1, -0.05) is 38.1 Å². The van der Waals surface area contributed by atoms with Crippen molar-refractivity contribution < 1.29 is 29.3 Å². The molecule has 0 saturated carbocycles. The van der Waals surface area contributed by atoms with Crippen molar-refractivity contribution in [2.24, 2.45) is 5.92 Å². The van der Waals surface area contributed by atoms with Gasteiger partial charge in [0.05, 0.1) is 0 Å². The topological polar surface area (TPSA) is 128 Å². The van der Waals surface area contributed by atoms with Gasteiger partial charge >= 0.3 is 6.09 Å². The number of amides is 3. The SMILES string of the molecule is CC(C)CCC(C)N(C(=O)C(Cc1ccc(O)cc1)NC(=O)OC(C)(C)C)C(C(=O)NC(C)(C)C)c1cccc(O)c1. The van der Waals surface area contributed by atoms with Crippen LogP contribution in [0.5, 0.6) is 11.5 Å². The van der Waals surface area contributed by atoms with Crippen LogP contribution in [0.4, 0.5) is 4.79 Å². The third-order valence-electron chi connectivity index (χ3n) is 6.47. The molecule has 2 aromatic rings. The van der Waals surface area contributed by atoms with E-state index in [1.54, 1.807) is 45.0 Å². The fraction of sp³-hybridized carbons (Fsp3) is 0.545. The molecule has 9 heteroatoms. The Morgan fingerprint density at radius 1 is 0.881 bits per heavy atom. The second-order valence-corrected chi connectivity index (χ2v) is 13.4. The van der Waals surface area contributed by atoms with E-state index in [9.17, 15) is 24.6 Å². The lowest BCUT2D eigenvalue weighted by Crippen LogP contribution is -2.57. The summed E-state index contributed by atoms with van der Waals surface area (Å²) in [6.07, 6.45) is 0.752. The Hall–Kier alpha value is -3.75. The smallest absolute Gasteiger partial charge is 0.408 e. The zero-order chi connectivity index (χ0) is 31.8. The Bertz CT molecular complexity index is 1200. The van der Waals surface area contributed by atoms with Gasteiger partial charge in [0.2, 0.25) is 11.8 Å². The Morgan fingerprint density at radius 3 is 2.02 bits per heavy atom. The van der Waals surface area contributed by atoms with Crippen molar-refractivity contribution in [2.75, 3.05) is 0 Å². The highest BCUT2D eigenvalue weighted by molar-refractivity contribution is 5.92. The molecule has 0 saturated heterocycles. The first-order chi connectivity index (χ1) is 19.4. The average molecular weight is 584 g/mol. The van der Waals surface area contributed by atoms with E-state index in [2.05, 4.69) is 24.5 Å². The largest absolute Gasteiger partial charge is 0.508 e. The minimum atomic E-state index is -1.09. The summed E-state index contributed by atoms with van der Waals surface area (Å²) in [7, 11) is 0. The van der Waals surface area contributed by atoms with E-state index in [-0.39, 0.29) is 17.9 Å². The predicted octanol–water partition coefficient (Wildman–Crippen LogP) is 5.84. The lowest BCUT2D eigenvalue weighted by molar-refractivity contribution is -0.145. The summed E-state index contributed by atoms with van der Waals surface area (Å²) in [5.74, 6) is -0.468. The van der Waals surface area contributed by atoms with Gasteiger partial charge in [0.15, 0.2) is 0 Å². The first-order valence-corrected chi connectivity index (χ1v) is 14.6. The molecule has 3 atom stereocenters. The number of nitrogens with one attached hydrogen (secondary N) is 2. The number of hydrogen-bond acceptors (Lipinski definition) is 6. The number of rotatable bonds is 11. The van der Waals surface area contributed by atoms with E-state index in [1.807, 2.05) is 27.7 Å². The van der Waals surface area contributed by atoms with E-state index >= 15 is 0 Å². The van der Waals surface area contributed by atoms with E-state index < -0.39 is 47.2 Å². The number of alkyl carbamates (subject to hydrolysis) is 1. The van der Waals surface area contributed by atoms with Crippen molar-refractivity contribution in [3.05, 3.63) is 59.7 Å². The van der Waals surface area contributed by atoms with Gasteiger partial charge in [0, 0.05) is 18.0 Å². The summed E-state index contributed by atoms with van der Waals surface area (Å²) >= 11 is 0. The molecule has 0 bridgehead atoms. The van der Waals surface area contributed by atoms with E-state index in [0.29, 0.717) is 23.5 Å². The van der Waals surface area contributed by atoms with Crippen LogP contribution in [0.1, 0.15) is 92.3 Å². The lowest BCUT2D eigenvalue weighted by atomic mass is 9.95. The van der Waals surface area contributed by atoms with Crippen LogP contribution in [-0.4, -0.2) is 56.2 Å². The number of ether oxygens (including phenoxy) is 1. The molecule has 3 amide bonds. The number of carbonyl (C=O) groups is 3. The predicted molar refractivity (Wildman–Crippen MR) is 164 cm³/mol. The number of carbonyl (C=O) groups excluding carboxylic acids is 3. The van der Waals surface area contributed by atoms with E-state index in [0.717, 1.165) is 6.42 Å². The van der Waals surface area contributed by atoms with Gasteiger partial charge in [0.1, 0.15) is 29.2 Å². The standard InChI is InChI=1S/C33H49N3O6/c1-21(2)13-14-22(3)36(28(29(39)35-32(4,5)6)24-11-10-12-26(38)20-24)30(40)27(34-31(41)42-33(7,8)9)19-23-15-17-25(37)18-16-23/h10-12,15-18,20-22,27-28,37-38H,13-14,19H2,1-9H3,(H,34,41)(H,35,39). The van der Waals surface area contributed by atoms with E-state index in [1.165, 1.54) is 29.2 Å². The first kappa shape index (κ1) is 34.5. The van der Waals surface area contributed by atoms with Gasteiger partial charge in [0.25, 0.3) is 0 Å². The zero-order valence-electron chi connectivity index (χ0n) is 26.5. The summed E-state index contributed by atoms with van der Waals surface area (Å²) in [6, 6.07) is 10.1. The van der Waals surface area contributed by atoms with Gasteiger partial charge in [-0.25, -0.2) is 4.79 Å². The van der Waals surface area contributed by atoms with Crippen molar-refractivity contribution in [1.82, 2.24) is 15.5 Å². The van der Waals surface area contributed by atoms with Gasteiger partial charge in [-0.15, -0.1) is 0 Å². The lowest BCUT2D eigenvalue weighted by Gasteiger charge is -2.40. The van der Waals surface area contributed by atoms with Crippen LogP contribution in [-0.2, 0) is 20.7 Å². The molecule has 2 aromatic carbocycles. The molecule has 4 N–H and O–H groups in total. The molecule has 42 heavy (non-hydrogen) atoms. The molecule has 0 spiro atoms. The van der Waals surface area contributed by atoms with Gasteiger partial charge in [-0.05, 0) is 103 Å². The summed E-state index contributed by atoms with van der Waals surface area (Å²) in [6.45, 7) is 16.9. The molecule has 0 aliphatic rings. The number of benzene rings is 2. The maximum Gasteiger partial charge on any atom is 0.408 e. The minimum Gasteiger partial charge on any atom is -0.508 e. The van der Waals surface area contributed by atoms with Crippen LogP contribution in [0.15, 0.2) is 48.5 Å². The van der Waals surface area contributed by atoms with Crippen molar-refractivity contribution >= 4 is 17.9 Å². The fourth-order valence-electron chi connectivity index (χ4n) is 4.58. The van der Waals surface area contributed by atoms with Gasteiger partial charge < -0.3 is 30.5 Å². The van der Waals surface area contributed by atoms with Gasteiger partial charge in [-0.3, -0.25) is 9.59 Å². The van der Waals surface area contributed by atoms with Crippen molar-refractivity contribution in [3.8, 4) is 11.5 Å². The highest BCUT2D eigenvalue weighted by Crippen LogP contribution is 2.30. The quantitative estimate of drug-likeness (QED) is 0.263. The summed E-state index contributed by atoms with van der Waals surface area (Å²) < 4.78 is 5.50. The molecule has 0 fully saturated rings. The average Bonchev–Trinajstić information content (AvgIpc) is 2.84. The number of aromatic hydroxyl groups is 2. The molecule has 0 aromatic heterocycles. The molecule has 3 unspecified atom stereocenters. The third kappa shape index (κ3) is 11.3. The van der Waals surface area contributed by atoms with Crippen LogP contribution in [0, 0.1) is 5.92 Å². The third-order valence-corrected chi connectivity index (χ3v) is 6.47. The molecule has 0 radical (unpaired) electrons. The van der Waals surface area contributed by atoms with Crippen LogP contribution < -0.4 is 10.6 Å². The fourth-order valence-corrected chi connectivity index (χ4v) is 4.58. The highest BCUT2D eigenvalue weighted by Gasteiger charge is 2.40.